The molecular weight excluding hydrogens is 226 g/mol. The first kappa shape index (κ1) is 13.8. The van der Waals surface area contributed by atoms with Gasteiger partial charge in [0.25, 0.3) is 0 Å². The summed E-state index contributed by atoms with van der Waals surface area (Å²) in [5.41, 5.74) is 0. The van der Waals surface area contributed by atoms with Crippen LogP contribution in [0.1, 0.15) is 46.0 Å². The van der Waals surface area contributed by atoms with E-state index in [4.69, 9.17) is 0 Å². The summed E-state index contributed by atoms with van der Waals surface area (Å²) in [5.74, 6) is 0.218. The zero-order valence-electron chi connectivity index (χ0n) is 11.7. The van der Waals surface area contributed by atoms with Crippen molar-refractivity contribution in [2.24, 2.45) is 0 Å². The zero-order valence-corrected chi connectivity index (χ0v) is 11.7. The highest BCUT2D eigenvalue weighted by molar-refractivity contribution is 5.81. The minimum atomic E-state index is 0.00373. The minimum absolute atomic E-state index is 0.00373. The van der Waals surface area contributed by atoms with Crippen molar-refractivity contribution < 1.29 is 4.79 Å². The van der Waals surface area contributed by atoms with Gasteiger partial charge in [0.15, 0.2) is 0 Å². The van der Waals surface area contributed by atoms with E-state index in [2.05, 4.69) is 22.5 Å². The smallest absolute Gasteiger partial charge is 0.237 e. The largest absolute Gasteiger partial charge is 0.352 e. The summed E-state index contributed by atoms with van der Waals surface area (Å²) in [6, 6.07) is 0.877. The maximum Gasteiger partial charge on any atom is 0.237 e. The Kier molecular flexibility index (Phi) is 5.01. The zero-order chi connectivity index (χ0) is 13.0. The van der Waals surface area contributed by atoms with Crippen molar-refractivity contribution in [2.75, 3.05) is 19.6 Å². The second kappa shape index (κ2) is 6.53. The molecule has 0 radical (unpaired) electrons. The van der Waals surface area contributed by atoms with E-state index in [1.165, 1.54) is 19.3 Å². The van der Waals surface area contributed by atoms with Gasteiger partial charge >= 0.3 is 0 Å². The number of nitrogens with zero attached hydrogens (tertiary/aromatic N) is 1. The summed E-state index contributed by atoms with van der Waals surface area (Å²) in [5, 5.41) is 6.60. The minimum Gasteiger partial charge on any atom is -0.352 e. The molecule has 0 bridgehead atoms. The van der Waals surface area contributed by atoms with Crippen LogP contribution in [0.2, 0.25) is 0 Å². The third-order valence-corrected chi connectivity index (χ3v) is 4.38. The van der Waals surface area contributed by atoms with Crippen LogP contribution >= 0.6 is 0 Å². The number of hydrogen-bond donors (Lipinski definition) is 2. The number of nitrogens with one attached hydrogen (secondary N) is 2. The van der Waals surface area contributed by atoms with E-state index in [0.29, 0.717) is 12.1 Å². The van der Waals surface area contributed by atoms with E-state index in [-0.39, 0.29) is 11.9 Å². The maximum atomic E-state index is 12.3. The van der Waals surface area contributed by atoms with E-state index in [0.717, 1.165) is 32.5 Å². The molecule has 1 amide bonds. The standard InChI is InChI=1S/C14H27N3O/c1-11-10-15-8-9-17(11)12(2)14(18)16-13-6-4-3-5-7-13/h11-13,15H,3-10H2,1-2H3,(H,16,18)/t11-,12?/m0/s1. The molecule has 1 aliphatic heterocycles. The lowest BCUT2D eigenvalue weighted by atomic mass is 9.95. The number of hydrogen-bond acceptors (Lipinski definition) is 3. The van der Waals surface area contributed by atoms with Crippen molar-refractivity contribution >= 4 is 5.91 Å². The lowest BCUT2D eigenvalue weighted by molar-refractivity contribution is -0.127. The normalized spacial score (nSPS) is 28.9. The summed E-state index contributed by atoms with van der Waals surface area (Å²) in [6.07, 6.45) is 6.19. The second-order valence-corrected chi connectivity index (χ2v) is 5.81. The number of carbonyl (C=O) groups excluding carboxylic acids is 1. The molecule has 1 saturated heterocycles. The van der Waals surface area contributed by atoms with Gasteiger partial charge in [-0.05, 0) is 26.7 Å². The van der Waals surface area contributed by atoms with Crippen LogP contribution in [0, 0.1) is 0 Å². The Balaban J connectivity index is 1.83. The summed E-state index contributed by atoms with van der Waals surface area (Å²) < 4.78 is 0. The third-order valence-electron chi connectivity index (χ3n) is 4.38. The van der Waals surface area contributed by atoms with Gasteiger partial charge in [-0.15, -0.1) is 0 Å². The molecule has 2 N–H and O–H groups in total. The molecule has 1 saturated carbocycles. The first-order valence-electron chi connectivity index (χ1n) is 7.45. The Morgan fingerprint density at radius 2 is 2.06 bits per heavy atom. The predicted molar refractivity (Wildman–Crippen MR) is 73.5 cm³/mol. The molecule has 4 heteroatoms. The number of amides is 1. The molecule has 2 rings (SSSR count). The van der Waals surface area contributed by atoms with E-state index in [1.54, 1.807) is 0 Å². The molecule has 2 aliphatic rings. The summed E-state index contributed by atoms with van der Waals surface area (Å²) in [6.45, 7) is 7.18. The molecular formula is C14H27N3O. The molecule has 18 heavy (non-hydrogen) atoms. The summed E-state index contributed by atoms with van der Waals surface area (Å²) in [7, 11) is 0. The molecule has 4 nitrogen and oxygen atoms in total. The number of rotatable bonds is 3. The highest BCUT2D eigenvalue weighted by Crippen LogP contribution is 2.18. The Hall–Kier alpha value is -0.610. The van der Waals surface area contributed by atoms with Gasteiger partial charge in [-0.25, -0.2) is 0 Å². The van der Waals surface area contributed by atoms with Gasteiger partial charge < -0.3 is 10.6 Å². The molecule has 104 valence electrons. The van der Waals surface area contributed by atoms with Crippen molar-refractivity contribution in [3.63, 3.8) is 0 Å². The Labute approximate surface area is 110 Å². The van der Waals surface area contributed by atoms with Crippen molar-refractivity contribution in [1.29, 1.82) is 0 Å². The lowest BCUT2D eigenvalue weighted by Crippen LogP contribution is -2.58. The van der Waals surface area contributed by atoms with Crippen LogP contribution in [-0.4, -0.2) is 48.6 Å². The van der Waals surface area contributed by atoms with Crippen LogP contribution in [0.3, 0.4) is 0 Å². The van der Waals surface area contributed by atoms with E-state index < -0.39 is 0 Å². The van der Waals surface area contributed by atoms with Gasteiger partial charge in [0.05, 0.1) is 6.04 Å². The molecule has 0 aromatic rings. The van der Waals surface area contributed by atoms with Crippen molar-refractivity contribution in [1.82, 2.24) is 15.5 Å². The number of piperazine rings is 1. The quantitative estimate of drug-likeness (QED) is 0.792. The van der Waals surface area contributed by atoms with Gasteiger partial charge in [0, 0.05) is 31.7 Å². The van der Waals surface area contributed by atoms with Crippen LogP contribution in [0.25, 0.3) is 0 Å². The van der Waals surface area contributed by atoms with Crippen LogP contribution < -0.4 is 10.6 Å². The van der Waals surface area contributed by atoms with Gasteiger partial charge in [0.1, 0.15) is 0 Å². The van der Waals surface area contributed by atoms with Crippen molar-refractivity contribution in [3.8, 4) is 0 Å². The fourth-order valence-corrected chi connectivity index (χ4v) is 3.15. The third kappa shape index (κ3) is 3.45. The Morgan fingerprint density at radius 3 is 2.72 bits per heavy atom. The fraction of sp³-hybridized carbons (Fsp3) is 0.929. The van der Waals surface area contributed by atoms with Crippen LogP contribution in [-0.2, 0) is 4.79 Å². The molecule has 1 aliphatic carbocycles. The van der Waals surface area contributed by atoms with E-state index in [9.17, 15) is 4.79 Å². The van der Waals surface area contributed by atoms with Crippen LogP contribution in [0.15, 0.2) is 0 Å². The van der Waals surface area contributed by atoms with E-state index >= 15 is 0 Å². The van der Waals surface area contributed by atoms with Gasteiger partial charge in [-0.3, -0.25) is 9.69 Å². The van der Waals surface area contributed by atoms with Crippen LogP contribution in [0.4, 0.5) is 0 Å². The second-order valence-electron chi connectivity index (χ2n) is 5.81. The van der Waals surface area contributed by atoms with Crippen LogP contribution in [0.5, 0.6) is 0 Å². The van der Waals surface area contributed by atoms with Crippen molar-refractivity contribution in [3.05, 3.63) is 0 Å². The Bertz CT molecular complexity index is 276. The van der Waals surface area contributed by atoms with Gasteiger partial charge in [-0.1, -0.05) is 19.3 Å². The SMILES string of the molecule is CC(C(=O)NC1CCCCC1)N1CCNC[C@@H]1C. The summed E-state index contributed by atoms with van der Waals surface area (Å²) in [4.78, 5) is 14.6. The molecule has 2 atom stereocenters. The van der Waals surface area contributed by atoms with Crippen molar-refractivity contribution in [2.45, 2.75) is 64.1 Å². The molecule has 2 fully saturated rings. The fourth-order valence-electron chi connectivity index (χ4n) is 3.15. The molecule has 0 aromatic heterocycles. The topological polar surface area (TPSA) is 44.4 Å². The molecule has 1 unspecified atom stereocenters. The monoisotopic (exact) mass is 253 g/mol. The molecule has 0 spiro atoms. The lowest BCUT2D eigenvalue weighted by Gasteiger charge is -2.38. The van der Waals surface area contributed by atoms with Gasteiger partial charge in [0.2, 0.25) is 5.91 Å². The Morgan fingerprint density at radius 1 is 1.33 bits per heavy atom. The highest BCUT2D eigenvalue weighted by atomic mass is 16.2. The molecule has 0 aromatic carbocycles. The highest BCUT2D eigenvalue weighted by Gasteiger charge is 2.28. The first-order chi connectivity index (χ1) is 8.68. The maximum absolute atomic E-state index is 12.3. The average molecular weight is 253 g/mol. The molecule has 1 heterocycles. The predicted octanol–water partition coefficient (Wildman–Crippen LogP) is 1.12. The van der Waals surface area contributed by atoms with Gasteiger partial charge in [-0.2, -0.15) is 0 Å². The average Bonchev–Trinajstić information content (AvgIpc) is 2.39. The first-order valence-corrected chi connectivity index (χ1v) is 7.45. The number of carbonyl (C=O) groups is 1. The summed E-state index contributed by atoms with van der Waals surface area (Å²) >= 11 is 0. The van der Waals surface area contributed by atoms with E-state index in [1.807, 2.05) is 6.92 Å².